The lowest BCUT2D eigenvalue weighted by Gasteiger charge is -2.27. The molecule has 0 aliphatic heterocycles. The Kier molecular flexibility index (Phi) is 5.86. The molecule has 0 spiro atoms. The Morgan fingerprint density at radius 3 is 2.32 bits per heavy atom. The summed E-state index contributed by atoms with van der Waals surface area (Å²) in [6.07, 6.45) is 0. The number of aryl methyl sites for hydroxylation is 1. The lowest BCUT2D eigenvalue weighted by molar-refractivity contribution is 0.154. The van der Waals surface area contributed by atoms with Gasteiger partial charge in [-0.05, 0) is 49.4 Å². The van der Waals surface area contributed by atoms with Gasteiger partial charge in [-0.15, -0.1) is 0 Å². The van der Waals surface area contributed by atoms with E-state index in [1.807, 2.05) is 6.92 Å². The van der Waals surface area contributed by atoms with Crippen molar-refractivity contribution in [2.24, 2.45) is 0 Å². The van der Waals surface area contributed by atoms with Crippen molar-refractivity contribution >= 4 is 5.69 Å². The summed E-state index contributed by atoms with van der Waals surface area (Å²) in [6, 6.07) is 6.81. The Hall–Kier alpha value is -1.02. The third kappa shape index (κ3) is 4.54. The molecule has 0 atom stereocenters. The lowest BCUT2D eigenvalue weighted by Crippen LogP contribution is -2.27. The van der Waals surface area contributed by atoms with Gasteiger partial charge in [-0.1, -0.05) is 26.8 Å². The number of hydrogen-bond donors (Lipinski definition) is 0. The molecule has 0 saturated heterocycles. The van der Waals surface area contributed by atoms with E-state index in [1.165, 1.54) is 16.8 Å². The van der Waals surface area contributed by atoms with E-state index in [0.29, 0.717) is 0 Å². The molecule has 0 amide bonds. The molecule has 1 aromatic rings. The Labute approximate surface area is 118 Å². The largest absolute Gasteiger partial charge is 0.380 e. The topological polar surface area (TPSA) is 12.5 Å². The number of ether oxygens (including phenoxy) is 1. The highest BCUT2D eigenvalue weighted by Crippen LogP contribution is 2.28. The molecule has 0 fully saturated rings. The maximum atomic E-state index is 5.45. The Morgan fingerprint density at radius 2 is 1.84 bits per heavy atom. The molecule has 108 valence electrons. The van der Waals surface area contributed by atoms with Gasteiger partial charge in [0.1, 0.15) is 0 Å². The minimum atomic E-state index is 0.213. The van der Waals surface area contributed by atoms with Gasteiger partial charge < -0.3 is 9.64 Å². The van der Waals surface area contributed by atoms with Gasteiger partial charge in [0.2, 0.25) is 0 Å². The van der Waals surface area contributed by atoms with Crippen molar-refractivity contribution < 1.29 is 4.74 Å². The molecule has 19 heavy (non-hydrogen) atoms. The highest BCUT2D eigenvalue weighted by atomic mass is 16.5. The molecule has 0 bridgehead atoms. The molecule has 2 heteroatoms. The summed E-state index contributed by atoms with van der Waals surface area (Å²) in [7, 11) is 0. The molecule has 0 N–H and O–H groups in total. The zero-order valence-electron chi connectivity index (χ0n) is 13.4. The minimum Gasteiger partial charge on any atom is -0.380 e. The summed E-state index contributed by atoms with van der Waals surface area (Å²) >= 11 is 0. The second kappa shape index (κ2) is 6.95. The van der Waals surface area contributed by atoms with Crippen molar-refractivity contribution in [1.29, 1.82) is 0 Å². The van der Waals surface area contributed by atoms with E-state index in [2.05, 4.69) is 57.7 Å². The van der Waals surface area contributed by atoms with Crippen molar-refractivity contribution in [2.45, 2.75) is 47.0 Å². The summed E-state index contributed by atoms with van der Waals surface area (Å²) in [6.45, 7) is 16.8. The predicted octanol–water partition coefficient (Wildman–Crippen LogP) is 4.16. The highest BCUT2D eigenvalue weighted by Gasteiger charge is 2.17. The molecule has 1 rings (SSSR count). The normalized spacial score (nSPS) is 11.7. The van der Waals surface area contributed by atoms with Gasteiger partial charge in [0.05, 0.1) is 6.61 Å². The van der Waals surface area contributed by atoms with Gasteiger partial charge in [0.15, 0.2) is 0 Å². The van der Waals surface area contributed by atoms with Crippen LogP contribution in [0, 0.1) is 6.92 Å². The average molecular weight is 263 g/mol. The van der Waals surface area contributed by atoms with E-state index < -0.39 is 0 Å². The van der Waals surface area contributed by atoms with Gasteiger partial charge >= 0.3 is 0 Å². The molecule has 0 aliphatic rings. The van der Waals surface area contributed by atoms with E-state index >= 15 is 0 Å². The smallest absolute Gasteiger partial charge is 0.0641 e. The molecule has 0 heterocycles. The highest BCUT2D eigenvalue weighted by molar-refractivity contribution is 5.52. The van der Waals surface area contributed by atoms with Gasteiger partial charge in [0.25, 0.3) is 0 Å². The fraction of sp³-hybridized carbons (Fsp3) is 0.647. The maximum absolute atomic E-state index is 5.45. The molecule has 0 aliphatic carbocycles. The third-order valence-corrected chi connectivity index (χ3v) is 3.47. The minimum absolute atomic E-state index is 0.213. The lowest BCUT2D eigenvalue weighted by atomic mass is 9.84. The van der Waals surface area contributed by atoms with E-state index in [9.17, 15) is 0 Å². The molecular formula is C17H29NO. The first kappa shape index (κ1) is 16.0. The number of rotatable bonds is 6. The summed E-state index contributed by atoms with van der Waals surface area (Å²) in [4.78, 5) is 2.37. The quantitative estimate of drug-likeness (QED) is 0.715. The first-order valence-electron chi connectivity index (χ1n) is 7.34. The zero-order chi connectivity index (χ0) is 14.5. The first-order chi connectivity index (χ1) is 8.90. The Morgan fingerprint density at radius 1 is 1.16 bits per heavy atom. The maximum Gasteiger partial charge on any atom is 0.0641 e. The van der Waals surface area contributed by atoms with Crippen LogP contribution < -0.4 is 4.90 Å². The van der Waals surface area contributed by atoms with Crippen molar-refractivity contribution in [2.75, 3.05) is 31.2 Å². The van der Waals surface area contributed by atoms with E-state index in [4.69, 9.17) is 4.74 Å². The predicted molar refractivity (Wildman–Crippen MR) is 84.3 cm³/mol. The average Bonchev–Trinajstić information content (AvgIpc) is 2.33. The van der Waals surface area contributed by atoms with Crippen LogP contribution >= 0.6 is 0 Å². The fourth-order valence-corrected chi connectivity index (χ4v) is 2.47. The SMILES string of the molecule is CCOCCN(CC)c1ccc(C(C)(C)C)c(C)c1. The number of hydrogen-bond acceptors (Lipinski definition) is 2. The third-order valence-electron chi connectivity index (χ3n) is 3.47. The summed E-state index contributed by atoms with van der Waals surface area (Å²) in [5, 5.41) is 0. The van der Waals surface area contributed by atoms with Crippen molar-refractivity contribution in [3.8, 4) is 0 Å². The van der Waals surface area contributed by atoms with Crippen LogP contribution in [-0.4, -0.2) is 26.3 Å². The van der Waals surface area contributed by atoms with Gasteiger partial charge in [-0.3, -0.25) is 0 Å². The zero-order valence-corrected chi connectivity index (χ0v) is 13.4. The number of benzene rings is 1. The second-order valence-corrected chi connectivity index (χ2v) is 6.03. The molecule has 0 radical (unpaired) electrons. The molecule has 1 aromatic carbocycles. The van der Waals surface area contributed by atoms with Crippen LogP contribution in [0.3, 0.4) is 0 Å². The van der Waals surface area contributed by atoms with Gasteiger partial charge in [-0.25, -0.2) is 0 Å². The van der Waals surface area contributed by atoms with Crippen molar-refractivity contribution in [3.05, 3.63) is 29.3 Å². The number of nitrogens with zero attached hydrogens (tertiary/aromatic N) is 1. The molecule has 0 aromatic heterocycles. The van der Waals surface area contributed by atoms with Gasteiger partial charge in [-0.2, -0.15) is 0 Å². The van der Waals surface area contributed by atoms with Crippen LogP contribution in [0.4, 0.5) is 5.69 Å². The molecule has 0 saturated carbocycles. The summed E-state index contributed by atoms with van der Waals surface area (Å²) in [5.41, 5.74) is 4.31. The van der Waals surface area contributed by atoms with Crippen molar-refractivity contribution in [1.82, 2.24) is 0 Å². The fourth-order valence-electron chi connectivity index (χ4n) is 2.47. The van der Waals surface area contributed by atoms with E-state index in [0.717, 1.165) is 26.3 Å². The van der Waals surface area contributed by atoms with Gasteiger partial charge in [0, 0.05) is 25.4 Å². The van der Waals surface area contributed by atoms with Crippen LogP contribution in [0.2, 0.25) is 0 Å². The molecule has 0 unspecified atom stereocenters. The summed E-state index contributed by atoms with van der Waals surface area (Å²) in [5.74, 6) is 0. The Bertz CT molecular complexity index is 393. The number of anilines is 1. The monoisotopic (exact) mass is 263 g/mol. The molecule has 2 nitrogen and oxygen atoms in total. The second-order valence-electron chi connectivity index (χ2n) is 6.03. The van der Waals surface area contributed by atoms with Crippen LogP contribution in [0.1, 0.15) is 45.7 Å². The standard InChI is InChI=1S/C17H29NO/c1-7-18(11-12-19-8-2)15-9-10-16(14(3)13-15)17(4,5)6/h9-10,13H,7-8,11-12H2,1-6H3. The van der Waals surface area contributed by atoms with Crippen LogP contribution in [0.25, 0.3) is 0 Å². The van der Waals surface area contributed by atoms with Crippen LogP contribution in [0.15, 0.2) is 18.2 Å². The Balaban J connectivity index is 2.86. The van der Waals surface area contributed by atoms with Crippen LogP contribution in [-0.2, 0) is 10.2 Å². The van der Waals surface area contributed by atoms with E-state index in [1.54, 1.807) is 0 Å². The molecular weight excluding hydrogens is 234 g/mol. The van der Waals surface area contributed by atoms with Crippen molar-refractivity contribution in [3.63, 3.8) is 0 Å². The first-order valence-corrected chi connectivity index (χ1v) is 7.34. The number of likely N-dealkylation sites (N-methyl/N-ethyl adjacent to an activating group) is 1. The van der Waals surface area contributed by atoms with Crippen LogP contribution in [0.5, 0.6) is 0 Å². The summed E-state index contributed by atoms with van der Waals surface area (Å²) < 4.78 is 5.45. The van der Waals surface area contributed by atoms with E-state index in [-0.39, 0.29) is 5.41 Å².